The first kappa shape index (κ1) is 11.5. The van der Waals surface area contributed by atoms with Crippen LogP contribution in [0.25, 0.3) is 11.1 Å². The average molecular weight is 228 g/mol. The van der Waals surface area contributed by atoms with Crippen LogP contribution in [0.3, 0.4) is 0 Å². The monoisotopic (exact) mass is 228 g/mol. The zero-order chi connectivity index (χ0) is 12.3. The van der Waals surface area contributed by atoms with Gasteiger partial charge in [0.2, 0.25) is 0 Å². The molecule has 0 saturated carbocycles. The Hall–Kier alpha value is -2.00. The molecule has 0 unspecified atom stereocenters. The molecule has 0 aromatic heterocycles. The van der Waals surface area contributed by atoms with Gasteiger partial charge in [0.1, 0.15) is 0 Å². The molecule has 0 aliphatic heterocycles. The Balaban J connectivity index is 2.52. The molecule has 2 rings (SSSR count). The summed E-state index contributed by atoms with van der Waals surface area (Å²) in [6, 6.07) is 13.4. The Labute approximate surface area is 101 Å². The molecule has 0 aliphatic carbocycles. The predicted molar refractivity (Wildman–Crippen MR) is 71.5 cm³/mol. The van der Waals surface area contributed by atoms with Gasteiger partial charge in [-0.1, -0.05) is 30.3 Å². The van der Waals surface area contributed by atoms with Gasteiger partial charge in [0, 0.05) is 23.5 Å². The number of nitrogens with two attached hydrogens (primary N) is 2. The zero-order valence-electron chi connectivity index (χ0n) is 9.56. The molecule has 0 bridgehead atoms. The van der Waals surface area contributed by atoms with Crippen molar-refractivity contribution < 1.29 is 5.11 Å². The molecule has 3 nitrogen and oxygen atoms in total. The summed E-state index contributed by atoms with van der Waals surface area (Å²) in [5, 5.41) is 9.05. The summed E-state index contributed by atoms with van der Waals surface area (Å²) < 4.78 is 0. The molecule has 0 fully saturated rings. The molecule has 5 N–H and O–H groups in total. The lowest BCUT2D eigenvalue weighted by molar-refractivity contribution is 0.300. The van der Waals surface area contributed by atoms with Crippen molar-refractivity contribution in [3.8, 4) is 11.1 Å². The van der Waals surface area contributed by atoms with Gasteiger partial charge in [-0.2, -0.15) is 0 Å². The summed E-state index contributed by atoms with van der Waals surface area (Å²) in [6.45, 7) is 0.131. The molecule has 0 aliphatic rings. The number of nitrogen functional groups attached to an aromatic ring is 2. The lowest BCUT2D eigenvalue weighted by Gasteiger charge is -2.11. The molecule has 3 heteroatoms. The summed E-state index contributed by atoms with van der Waals surface area (Å²) in [4.78, 5) is 0. The van der Waals surface area contributed by atoms with Crippen LogP contribution in [-0.2, 0) is 6.42 Å². The maximum atomic E-state index is 9.05. The normalized spacial score (nSPS) is 10.4. The highest BCUT2D eigenvalue weighted by Crippen LogP contribution is 2.30. The van der Waals surface area contributed by atoms with E-state index in [0.29, 0.717) is 17.8 Å². The predicted octanol–water partition coefficient (Wildman–Crippen LogP) is 2.05. The van der Waals surface area contributed by atoms with Crippen LogP contribution in [0.1, 0.15) is 5.56 Å². The molecule has 0 atom stereocenters. The third-order valence-corrected chi connectivity index (χ3v) is 2.76. The molecule has 2 aromatic carbocycles. The first-order valence-corrected chi connectivity index (χ1v) is 5.56. The fourth-order valence-corrected chi connectivity index (χ4v) is 1.95. The van der Waals surface area contributed by atoms with Crippen molar-refractivity contribution in [3.05, 3.63) is 48.0 Å². The smallest absolute Gasteiger partial charge is 0.0471 e. The molecular weight excluding hydrogens is 212 g/mol. The number of aliphatic hydroxyl groups is 1. The minimum Gasteiger partial charge on any atom is -0.399 e. The second-order valence-electron chi connectivity index (χ2n) is 3.98. The van der Waals surface area contributed by atoms with Crippen LogP contribution >= 0.6 is 0 Å². The van der Waals surface area contributed by atoms with E-state index in [4.69, 9.17) is 16.6 Å². The fraction of sp³-hybridized carbons (Fsp3) is 0.143. The van der Waals surface area contributed by atoms with Crippen molar-refractivity contribution in [2.45, 2.75) is 6.42 Å². The van der Waals surface area contributed by atoms with Crippen LogP contribution in [-0.4, -0.2) is 11.7 Å². The van der Waals surface area contributed by atoms with E-state index in [-0.39, 0.29) is 6.61 Å². The molecule has 0 saturated heterocycles. The van der Waals surface area contributed by atoms with Crippen molar-refractivity contribution in [1.82, 2.24) is 0 Å². The van der Waals surface area contributed by atoms with Gasteiger partial charge >= 0.3 is 0 Å². The van der Waals surface area contributed by atoms with Gasteiger partial charge in [-0.25, -0.2) is 0 Å². The highest BCUT2D eigenvalue weighted by Gasteiger charge is 2.07. The standard InChI is InChI=1S/C14H16N2O/c15-11-5-6-13(14(16)9-11)12-4-2-1-3-10(12)7-8-17/h1-6,9,17H,7-8,15-16H2. The number of hydrogen-bond donors (Lipinski definition) is 3. The van der Waals surface area contributed by atoms with Gasteiger partial charge in [0.15, 0.2) is 0 Å². The molecule has 0 spiro atoms. The van der Waals surface area contributed by atoms with Gasteiger partial charge in [0.25, 0.3) is 0 Å². The lowest BCUT2D eigenvalue weighted by atomic mass is 9.96. The third-order valence-electron chi connectivity index (χ3n) is 2.76. The zero-order valence-corrected chi connectivity index (χ0v) is 9.56. The van der Waals surface area contributed by atoms with E-state index in [0.717, 1.165) is 16.7 Å². The third kappa shape index (κ3) is 2.40. The topological polar surface area (TPSA) is 72.3 Å². The Morgan fingerprint density at radius 1 is 0.941 bits per heavy atom. The Bertz CT molecular complexity index is 523. The van der Waals surface area contributed by atoms with E-state index in [1.165, 1.54) is 0 Å². The summed E-state index contributed by atoms with van der Waals surface area (Å²) in [6.07, 6.45) is 0.625. The van der Waals surface area contributed by atoms with Crippen LogP contribution in [0, 0.1) is 0 Å². The van der Waals surface area contributed by atoms with Crippen LogP contribution in [0.4, 0.5) is 11.4 Å². The maximum Gasteiger partial charge on any atom is 0.0471 e. The van der Waals surface area contributed by atoms with E-state index in [1.54, 1.807) is 6.07 Å². The number of anilines is 2. The molecule has 17 heavy (non-hydrogen) atoms. The number of benzene rings is 2. The number of rotatable bonds is 3. The first-order valence-electron chi connectivity index (χ1n) is 5.56. The fourth-order valence-electron chi connectivity index (χ4n) is 1.95. The van der Waals surface area contributed by atoms with E-state index < -0.39 is 0 Å². The van der Waals surface area contributed by atoms with Crippen LogP contribution in [0.2, 0.25) is 0 Å². The quantitative estimate of drug-likeness (QED) is 0.704. The van der Waals surface area contributed by atoms with E-state index in [2.05, 4.69) is 0 Å². The van der Waals surface area contributed by atoms with Crippen molar-refractivity contribution in [2.24, 2.45) is 0 Å². The average Bonchev–Trinajstić information content (AvgIpc) is 2.31. The van der Waals surface area contributed by atoms with Crippen LogP contribution in [0.5, 0.6) is 0 Å². The molecule has 0 radical (unpaired) electrons. The van der Waals surface area contributed by atoms with Crippen molar-refractivity contribution in [3.63, 3.8) is 0 Å². The summed E-state index contributed by atoms with van der Waals surface area (Å²) >= 11 is 0. The van der Waals surface area contributed by atoms with Crippen molar-refractivity contribution in [2.75, 3.05) is 18.1 Å². The van der Waals surface area contributed by atoms with Gasteiger partial charge in [-0.15, -0.1) is 0 Å². The van der Waals surface area contributed by atoms with Gasteiger partial charge < -0.3 is 16.6 Å². The molecule has 0 amide bonds. The second kappa shape index (κ2) is 4.89. The van der Waals surface area contributed by atoms with Crippen LogP contribution < -0.4 is 11.5 Å². The SMILES string of the molecule is Nc1ccc(-c2ccccc2CCO)c(N)c1. The largest absolute Gasteiger partial charge is 0.399 e. The number of aliphatic hydroxyl groups excluding tert-OH is 1. The van der Waals surface area contributed by atoms with Crippen LogP contribution in [0.15, 0.2) is 42.5 Å². The summed E-state index contributed by atoms with van der Waals surface area (Å²) in [5.41, 5.74) is 16.1. The molecule has 88 valence electrons. The van der Waals surface area contributed by atoms with Gasteiger partial charge in [-0.05, 0) is 29.7 Å². The Morgan fingerprint density at radius 2 is 1.71 bits per heavy atom. The summed E-state index contributed by atoms with van der Waals surface area (Å²) in [5.74, 6) is 0. The summed E-state index contributed by atoms with van der Waals surface area (Å²) in [7, 11) is 0. The first-order chi connectivity index (χ1) is 8.22. The lowest BCUT2D eigenvalue weighted by Crippen LogP contribution is -1.97. The highest BCUT2D eigenvalue weighted by atomic mass is 16.2. The highest BCUT2D eigenvalue weighted by molar-refractivity contribution is 5.80. The molecule has 0 heterocycles. The minimum absolute atomic E-state index is 0.131. The van der Waals surface area contributed by atoms with Crippen molar-refractivity contribution in [1.29, 1.82) is 0 Å². The maximum absolute atomic E-state index is 9.05. The molecule has 2 aromatic rings. The van der Waals surface area contributed by atoms with E-state index in [1.807, 2.05) is 36.4 Å². The van der Waals surface area contributed by atoms with E-state index in [9.17, 15) is 0 Å². The van der Waals surface area contributed by atoms with Gasteiger partial charge in [-0.3, -0.25) is 0 Å². The minimum atomic E-state index is 0.131. The Morgan fingerprint density at radius 3 is 2.41 bits per heavy atom. The molecular formula is C14H16N2O. The van der Waals surface area contributed by atoms with E-state index >= 15 is 0 Å². The number of hydrogen-bond acceptors (Lipinski definition) is 3. The second-order valence-corrected chi connectivity index (χ2v) is 3.98. The van der Waals surface area contributed by atoms with Crippen molar-refractivity contribution >= 4 is 11.4 Å². The van der Waals surface area contributed by atoms with Gasteiger partial charge in [0.05, 0.1) is 0 Å². The Kier molecular flexibility index (Phi) is 3.30.